The Morgan fingerprint density at radius 1 is 1.05 bits per heavy atom. The molecule has 4 aromatic rings. The maximum absolute atomic E-state index is 13.5. The van der Waals surface area contributed by atoms with E-state index in [9.17, 15) is 9.18 Å². The van der Waals surface area contributed by atoms with E-state index in [0.29, 0.717) is 12.1 Å². The van der Waals surface area contributed by atoms with Crippen molar-refractivity contribution in [3.8, 4) is 0 Å². The fraction of sp³-hybridized carbons (Fsp3) is 0.379. The molecule has 0 amide bonds. The molecule has 0 spiro atoms. The second-order valence-electron chi connectivity index (χ2n) is 10.4. The Hall–Kier alpha value is -3.65. The molecule has 1 aliphatic carbocycles. The molecule has 1 fully saturated rings. The smallest absolute Gasteiger partial charge is 0.253 e. The van der Waals surface area contributed by atoms with E-state index >= 15 is 0 Å². The Morgan fingerprint density at radius 2 is 1.81 bits per heavy atom. The Labute approximate surface area is 215 Å². The first-order valence-corrected chi connectivity index (χ1v) is 13.1. The number of tetrazole rings is 1. The molecule has 0 saturated heterocycles. The van der Waals surface area contributed by atoms with Crippen LogP contribution in [0.5, 0.6) is 0 Å². The third-order valence-electron chi connectivity index (χ3n) is 8.04. The highest BCUT2D eigenvalue weighted by molar-refractivity contribution is 5.81. The Bertz CT molecular complexity index is 1530. The normalized spacial score (nSPS) is 17.9. The summed E-state index contributed by atoms with van der Waals surface area (Å²) >= 11 is 0. The van der Waals surface area contributed by atoms with Gasteiger partial charge in [0.15, 0.2) is 5.82 Å². The number of nitrogens with one attached hydrogen (secondary N) is 1. The highest BCUT2D eigenvalue weighted by Gasteiger charge is 2.34. The highest BCUT2D eigenvalue weighted by atomic mass is 19.1. The molecule has 8 heteroatoms. The van der Waals surface area contributed by atoms with Gasteiger partial charge in [0.1, 0.15) is 11.9 Å². The Kier molecular flexibility index (Phi) is 6.20. The van der Waals surface area contributed by atoms with E-state index in [1.54, 1.807) is 0 Å². The number of fused-ring (bicyclic) bond motifs is 1. The molecule has 190 valence electrons. The molecule has 37 heavy (non-hydrogen) atoms. The minimum atomic E-state index is -0.378. The monoisotopic (exact) mass is 498 g/mol. The van der Waals surface area contributed by atoms with Crippen molar-refractivity contribution in [1.29, 1.82) is 0 Å². The van der Waals surface area contributed by atoms with Gasteiger partial charge in [-0.1, -0.05) is 31.1 Å². The number of rotatable bonds is 5. The molecule has 2 aromatic carbocycles. The summed E-state index contributed by atoms with van der Waals surface area (Å²) in [5, 5.41) is 14.0. The number of aromatic amines is 1. The van der Waals surface area contributed by atoms with Crippen LogP contribution in [0.2, 0.25) is 0 Å². The predicted octanol–water partition coefficient (Wildman–Crippen LogP) is 5.26. The van der Waals surface area contributed by atoms with Crippen LogP contribution in [0.1, 0.15) is 72.3 Å². The van der Waals surface area contributed by atoms with E-state index in [2.05, 4.69) is 51.4 Å². The quantitative estimate of drug-likeness (QED) is 0.406. The third-order valence-corrected chi connectivity index (χ3v) is 8.04. The van der Waals surface area contributed by atoms with Crippen LogP contribution >= 0.6 is 0 Å². The number of aromatic nitrogens is 5. The molecular weight excluding hydrogens is 467 g/mol. The first kappa shape index (κ1) is 23.7. The topological polar surface area (TPSA) is 79.7 Å². The third kappa shape index (κ3) is 4.50. The van der Waals surface area contributed by atoms with Crippen molar-refractivity contribution < 1.29 is 4.39 Å². The zero-order valence-electron chi connectivity index (χ0n) is 21.2. The molecule has 6 rings (SSSR count). The molecule has 1 aliphatic heterocycles. The van der Waals surface area contributed by atoms with Crippen LogP contribution in [0.25, 0.3) is 16.5 Å². The maximum atomic E-state index is 13.5. The van der Waals surface area contributed by atoms with E-state index in [1.807, 2.05) is 28.9 Å². The molecule has 7 nitrogen and oxygen atoms in total. The van der Waals surface area contributed by atoms with Gasteiger partial charge < -0.3 is 4.98 Å². The summed E-state index contributed by atoms with van der Waals surface area (Å²) in [5.41, 5.74) is 5.92. The minimum Gasteiger partial charge on any atom is -0.322 e. The lowest BCUT2D eigenvalue weighted by Crippen LogP contribution is -2.38. The number of nitrogens with zero attached hydrogens (tertiary/aromatic N) is 5. The van der Waals surface area contributed by atoms with Crippen LogP contribution in [-0.4, -0.2) is 43.2 Å². The number of aryl methyl sites for hydroxylation is 2. The molecule has 1 atom stereocenters. The average molecular weight is 499 g/mol. The predicted molar refractivity (Wildman–Crippen MR) is 142 cm³/mol. The van der Waals surface area contributed by atoms with Gasteiger partial charge in [0.2, 0.25) is 0 Å². The molecule has 0 radical (unpaired) electrons. The number of hydrogen-bond acceptors (Lipinski definition) is 5. The van der Waals surface area contributed by atoms with Gasteiger partial charge in [-0.25, -0.2) is 9.07 Å². The summed E-state index contributed by atoms with van der Waals surface area (Å²) in [6.45, 7) is 5.51. The molecule has 0 bridgehead atoms. The van der Waals surface area contributed by atoms with Gasteiger partial charge in [-0.05, 0) is 102 Å². The Balaban J connectivity index is 1.43. The van der Waals surface area contributed by atoms with Crippen molar-refractivity contribution >= 4 is 16.5 Å². The second-order valence-corrected chi connectivity index (χ2v) is 10.4. The van der Waals surface area contributed by atoms with Crippen LogP contribution < -0.4 is 5.56 Å². The SMILES string of the molecule is Cc1cc2cc(C(c3nnnn3C3CCCC3)N3CC=C(c4ccc(F)cc4)CC3)c(=O)[nH]c2cc1C. The minimum absolute atomic E-state index is 0.116. The summed E-state index contributed by atoms with van der Waals surface area (Å²) in [5.74, 6) is 0.487. The number of halogens is 1. The summed E-state index contributed by atoms with van der Waals surface area (Å²) in [7, 11) is 0. The average Bonchev–Trinajstić information content (AvgIpc) is 3.59. The van der Waals surface area contributed by atoms with Gasteiger partial charge in [0.05, 0.1) is 6.04 Å². The lowest BCUT2D eigenvalue weighted by molar-refractivity contribution is 0.229. The van der Waals surface area contributed by atoms with Crippen molar-refractivity contribution in [3.63, 3.8) is 0 Å². The summed E-state index contributed by atoms with van der Waals surface area (Å²) < 4.78 is 15.4. The molecule has 2 aliphatic rings. The van der Waals surface area contributed by atoms with E-state index in [1.165, 1.54) is 23.3 Å². The molecular formula is C29H31FN6O. The van der Waals surface area contributed by atoms with Crippen molar-refractivity contribution in [2.75, 3.05) is 13.1 Å². The van der Waals surface area contributed by atoms with Crippen molar-refractivity contribution in [3.05, 3.63) is 92.8 Å². The largest absolute Gasteiger partial charge is 0.322 e. The standard InChI is InChI=1S/C29H31FN6O/c1-18-15-22-17-25(29(37)31-26(22)16-19(18)2)27(28-32-33-34-36(28)24-5-3-4-6-24)35-13-11-21(12-14-35)20-7-9-23(30)10-8-20/h7-11,15-17,24,27H,3-6,12-14H2,1-2H3,(H,31,37). The van der Waals surface area contributed by atoms with E-state index in [0.717, 1.165) is 66.5 Å². The number of benzene rings is 2. The van der Waals surface area contributed by atoms with Crippen LogP contribution in [0.3, 0.4) is 0 Å². The van der Waals surface area contributed by atoms with Gasteiger partial charge >= 0.3 is 0 Å². The second kappa shape index (κ2) is 9.67. The van der Waals surface area contributed by atoms with Crippen molar-refractivity contribution in [2.45, 2.75) is 58.0 Å². The van der Waals surface area contributed by atoms with Crippen LogP contribution in [0, 0.1) is 19.7 Å². The van der Waals surface area contributed by atoms with Crippen molar-refractivity contribution in [1.82, 2.24) is 30.1 Å². The van der Waals surface area contributed by atoms with Gasteiger partial charge in [-0.3, -0.25) is 9.69 Å². The van der Waals surface area contributed by atoms with Crippen LogP contribution in [0.15, 0.2) is 53.3 Å². The van der Waals surface area contributed by atoms with E-state index in [-0.39, 0.29) is 23.5 Å². The van der Waals surface area contributed by atoms with E-state index in [4.69, 9.17) is 0 Å². The molecule has 3 heterocycles. The van der Waals surface area contributed by atoms with Gasteiger partial charge in [0.25, 0.3) is 5.56 Å². The first-order chi connectivity index (χ1) is 18.0. The first-order valence-electron chi connectivity index (χ1n) is 13.1. The summed E-state index contributed by atoms with van der Waals surface area (Å²) in [4.78, 5) is 19.0. The summed E-state index contributed by atoms with van der Waals surface area (Å²) in [6.07, 6.45) is 7.39. The lowest BCUT2D eigenvalue weighted by atomic mass is 9.96. The summed E-state index contributed by atoms with van der Waals surface area (Å²) in [6, 6.07) is 12.7. The van der Waals surface area contributed by atoms with Gasteiger partial charge in [-0.2, -0.15) is 0 Å². The van der Waals surface area contributed by atoms with E-state index < -0.39 is 0 Å². The van der Waals surface area contributed by atoms with Crippen molar-refractivity contribution in [2.24, 2.45) is 0 Å². The Morgan fingerprint density at radius 3 is 2.54 bits per heavy atom. The fourth-order valence-corrected chi connectivity index (χ4v) is 5.83. The van der Waals surface area contributed by atoms with Gasteiger partial charge in [0, 0.05) is 24.2 Å². The zero-order valence-corrected chi connectivity index (χ0v) is 21.2. The van der Waals surface area contributed by atoms with Crippen LogP contribution in [0.4, 0.5) is 4.39 Å². The number of hydrogen-bond donors (Lipinski definition) is 1. The zero-order chi connectivity index (χ0) is 25.5. The van der Waals surface area contributed by atoms with Crippen LogP contribution in [-0.2, 0) is 0 Å². The number of pyridine rings is 1. The van der Waals surface area contributed by atoms with Gasteiger partial charge in [-0.15, -0.1) is 5.10 Å². The molecule has 1 unspecified atom stereocenters. The highest BCUT2D eigenvalue weighted by Crippen LogP contribution is 2.35. The fourth-order valence-electron chi connectivity index (χ4n) is 5.83. The molecule has 1 N–H and O–H groups in total. The lowest BCUT2D eigenvalue weighted by Gasteiger charge is -2.33. The maximum Gasteiger partial charge on any atom is 0.253 e. The molecule has 2 aromatic heterocycles. The number of H-pyrrole nitrogens is 1. The molecule has 1 saturated carbocycles.